The van der Waals surface area contributed by atoms with Crippen LogP contribution in [0.15, 0.2) is 0 Å². The summed E-state index contributed by atoms with van der Waals surface area (Å²) in [5, 5.41) is 0. The molecule has 2 rings (SSSR count). The monoisotopic (exact) mass is 153 g/mol. The maximum absolute atomic E-state index is 2.51. The average molecular weight is 153 g/mol. The Bertz CT molecular complexity index is 155. The standard InChI is InChI=1S/C10H19N/c1-9-4-6-10(9)5-3-7-11(2)8-10/h9H,3-8H2,1-2H3/t9-,10?/m0/s1. The Balaban J connectivity index is 2.01. The van der Waals surface area contributed by atoms with Crippen molar-refractivity contribution in [3.63, 3.8) is 0 Å². The number of likely N-dealkylation sites (tertiary alicyclic amines) is 1. The minimum atomic E-state index is 0.757. The number of hydrogen-bond donors (Lipinski definition) is 0. The van der Waals surface area contributed by atoms with E-state index in [9.17, 15) is 0 Å². The van der Waals surface area contributed by atoms with E-state index >= 15 is 0 Å². The first-order chi connectivity index (χ1) is 5.23. The molecule has 1 saturated carbocycles. The van der Waals surface area contributed by atoms with Crippen LogP contribution in [0.2, 0.25) is 0 Å². The van der Waals surface area contributed by atoms with E-state index in [1.807, 2.05) is 0 Å². The molecule has 0 N–H and O–H groups in total. The summed E-state index contributed by atoms with van der Waals surface area (Å²) in [4.78, 5) is 2.51. The van der Waals surface area contributed by atoms with Gasteiger partial charge in [0.1, 0.15) is 0 Å². The molecular weight excluding hydrogens is 134 g/mol. The second-order valence-corrected chi connectivity index (χ2v) is 4.64. The van der Waals surface area contributed by atoms with Gasteiger partial charge in [-0.2, -0.15) is 0 Å². The highest BCUT2D eigenvalue weighted by Crippen LogP contribution is 2.51. The second-order valence-electron chi connectivity index (χ2n) is 4.64. The zero-order valence-corrected chi connectivity index (χ0v) is 7.77. The molecule has 2 fully saturated rings. The molecule has 1 heterocycles. The van der Waals surface area contributed by atoms with Crippen LogP contribution in [-0.2, 0) is 0 Å². The fraction of sp³-hybridized carbons (Fsp3) is 1.00. The molecule has 11 heavy (non-hydrogen) atoms. The molecule has 2 atom stereocenters. The lowest BCUT2D eigenvalue weighted by molar-refractivity contribution is -0.0261. The van der Waals surface area contributed by atoms with Crippen LogP contribution in [0.3, 0.4) is 0 Å². The van der Waals surface area contributed by atoms with Crippen molar-refractivity contribution in [1.29, 1.82) is 0 Å². The maximum atomic E-state index is 2.51. The zero-order valence-electron chi connectivity index (χ0n) is 7.77. The summed E-state index contributed by atoms with van der Waals surface area (Å²) in [5.74, 6) is 1.00. The third-order valence-corrected chi connectivity index (χ3v) is 3.92. The smallest absolute Gasteiger partial charge is 0.00375 e. The zero-order chi connectivity index (χ0) is 7.90. The Morgan fingerprint density at radius 3 is 2.55 bits per heavy atom. The second kappa shape index (κ2) is 2.48. The summed E-state index contributed by atoms with van der Waals surface area (Å²) in [7, 11) is 2.27. The fourth-order valence-electron chi connectivity index (χ4n) is 2.84. The Hall–Kier alpha value is -0.0400. The third kappa shape index (κ3) is 1.10. The van der Waals surface area contributed by atoms with E-state index in [-0.39, 0.29) is 0 Å². The first-order valence-electron chi connectivity index (χ1n) is 4.91. The van der Waals surface area contributed by atoms with Crippen molar-refractivity contribution in [2.24, 2.45) is 11.3 Å². The lowest BCUT2D eigenvalue weighted by Crippen LogP contribution is -2.50. The number of rotatable bonds is 0. The highest BCUT2D eigenvalue weighted by atomic mass is 15.1. The van der Waals surface area contributed by atoms with Crippen molar-refractivity contribution in [2.45, 2.75) is 32.6 Å². The van der Waals surface area contributed by atoms with Gasteiger partial charge >= 0.3 is 0 Å². The summed E-state index contributed by atoms with van der Waals surface area (Å²) in [6.45, 7) is 5.13. The molecule has 1 aliphatic carbocycles. The van der Waals surface area contributed by atoms with Crippen LogP contribution in [0, 0.1) is 11.3 Å². The lowest BCUT2D eigenvalue weighted by Gasteiger charge is -2.53. The Morgan fingerprint density at radius 2 is 2.18 bits per heavy atom. The molecule has 0 aromatic heterocycles. The van der Waals surface area contributed by atoms with Gasteiger partial charge in [-0.05, 0) is 50.6 Å². The quantitative estimate of drug-likeness (QED) is 0.515. The summed E-state index contributed by atoms with van der Waals surface area (Å²) in [6.07, 6.45) is 5.91. The van der Waals surface area contributed by atoms with Crippen LogP contribution in [0.25, 0.3) is 0 Å². The molecule has 0 bridgehead atoms. The Morgan fingerprint density at radius 1 is 1.36 bits per heavy atom. The van der Waals surface area contributed by atoms with Crippen LogP contribution in [-0.4, -0.2) is 25.0 Å². The highest BCUT2D eigenvalue weighted by molar-refractivity contribution is 4.97. The van der Waals surface area contributed by atoms with E-state index in [1.165, 1.54) is 38.8 Å². The van der Waals surface area contributed by atoms with Gasteiger partial charge in [-0.15, -0.1) is 0 Å². The Kier molecular flexibility index (Phi) is 1.71. The van der Waals surface area contributed by atoms with Gasteiger partial charge < -0.3 is 4.90 Å². The average Bonchev–Trinajstić information content (AvgIpc) is 2.02. The number of nitrogens with zero attached hydrogens (tertiary/aromatic N) is 1. The van der Waals surface area contributed by atoms with E-state index in [2.05, 4.69) is 18.9 Å². The molecule has 1 nitrogen and oxygen atoms in total. The predicted molar refractivity (Wildman–Crippen MR) is 47.6 cm³/mol. The van der Waals surface area contributed by atoms with Gasteiger partial charge in [0.25, 0.3) is 0 Å². The van der Waals surface area contributed by atoms with Gasteiger partial charge in [0.05, 0.1) is 0 Å². The molecule has 1 heteroatoms. The molecule has 64 valence electrons. The summed E-state index contributed by atoms with van der Waals surface area (Å²) < 4.78 is 0. The maximum Gasteiger partial charge on any atom is 0.00375 e. The molecule has 0 radical (unpaired) electrons. The Labute approximate surface area is 69.8 Å². The molecular formula is C10H19N. The minimum absolute atomic E-state index is 0.757. The van der Waals surface area contributed by atoms with E-state index in [1.54, 1.807) is 0 Å². The fourth-order valence-corrected chi connectivity index (χ4v) is 2.84. The van der Waals surface area contributed by atoms with E-state index in [0.29, 0.717) is 0 Å². The summed E-state index contributed by atoms with van der Waals surface area (Å²) >= 11 is 0. The predicted octanol–water partition coefficient (Wildman–Crippen LogP) is 2.13. The van der Waals surface area contributed by atoms with Gasteiger partial charge in [-0.1, -0.05) is 6.92 Å². The summed E-state index contributed by atoms with van der Waals surface area (Å²) in [6, 6.07) is 0. The molecule has 0 aromatic rings. The van der Waals surface area contributed by atoms with Gasteiger partial charge in [-0.3, -0.25) is 0 Å². The number of piperidine rings is 1. The largest absolute Gasteiger partial charge is 0.306 e. The summed E-state index contributed by atoms with van der Waals surface area (Å²) in [5.41, 5.74) is 0.757. The molecule has 2 aliphatic rings. The minimum Gasteiger partial charge on any atom is -0.306 e. The normalized spacial score (nSPS) is 45.8. The van der Waals surface area contributed by atoms with Crippen LogP contribution in [0.4, 0.5) is 0 Å². The molecule has 1 unspecified atom stereocenters. The lowest BCUT2D eigenvalue weighted by atomic mass is 9.57. The van der Waals surface area contributed by atoms with Crippen molar-refractivity contribution in [3.05, 3.63) is 0 Å². The van der Waals surface area contributed by atoms with Gasteiger partial charge in [0.15, 0.2) is 0 Å². The molecule has 1 aliphatic heterocycles. The first-order valence-corrected chi connectivity index (χ1v) is 4.91. The SMILES string of the molecule is C[C@H]1CCC12CCCN(C)C2. The van der Waals surface area contributed by atoms with E-state index in [4.69, 9.17) is 0 Å². The molecule has 1 saturated heterocycles. The van der Waals surface area contributed by atoms with Crippen LogP contribution < -0.4 is 0 Å². The van der Waals surface area contributed by atoms with E-state index in [0.717, 1.165) is 11.3 Å². The van der Waals surface area contributed by atoms with Gasteiger partial charge in [0.2, 0.25) is 0 Å². The molecule has 1 spiro atoms. The van der Waals surface area contributed by atoms with Crippen molar-refractivity contribution < 1.29 is 0 Å². The van der Waals surface area contributed by atoms with Crippen LogP contribution in [0.5, 0.6) is 0 Å². The first kappa shape index (κ1) is 7.60. The van der Waals surface area contributed by atoms with Crippen molar-refractivity contribution in [1.82, 2.24) is 4.90 Å². The van der Waals surface area contributed by atoms with Crippen LogP contribution >= 0.6 is 0 Å². The van der Waals surface area contributed by atoms with Gasteiger partial charge in [0, 0.05) is 6.54 Å². The van der Waals surface area contributed by atoms with Gasteiger partial charge in [-0.25, -0.2) is 0 Å². The third-order valence-electron chi connectivity index (χ3n) is 3.92. The van der Waals surface area contributed by atoms with Crippen molar-refractivity contribution >= 4 is 0 Å². The topological polar surface area (TPSA) is 3.24 Å². The van der Waals surface area contributed by atoms with Crippen molar-refractivity contribution in [2.75, 3.05) is 20.1 Å². The van der Waals surface area contributed by atoms with E-state index < -0.39 is 0 Å². The molecule has 0 aromatic carbocycles. The molecule has 0 amide bonds. The van der Waals surface area contributed by atoms with Crippen LogP contribution in [0.1, 0.15) is 32.6 Å². The number of hydrogen-bond acceptors (Lipinski definition) is 1. The highest BCUT2D eigenvalue weighted by Gasteiger charge is 2.45. The van der Waals surface area contributed by atoms with Crippen molar-refractivity contribution in [3.8, 4) is 0 Å².